The number of thioether (sulfide) groups is 1. The molecule has 0 bridgehead atoms. The quantitative estimate of drug-likeness (QED) is 0.900. The van der Waals surface area contributed by atoms with E-state index in [1.807, 2.05) is 24.8 Å². The molecule has 1 fully saturated rings. The Balaban J connectivity index is 1.66. The fourth-order valence-corrected chi connectivity index (χ4v) is 3.57. The van der Waals surface area contributed by atoms with Crippen LogP contribution < -0.4 is 10.1 Å². The molecule has 120 valence electrons. The maximum Gasteiger partial charge on any atom is 0.257 e. The molecule has 0 unspecified atom stereocenters. The summed E-state index contributed by atoms with van der Waals surface area (Å²) < 4.78 is 5.78. The molecule has 6 heteroatoms. The normalized spacial score (nSPS) is 17.0. The molecule has 1 atom stereocenters. The van der Waals surface area contributed by atoms with Crippen LogP contribution in [0.25, 0.3) is 0 Å². The summed E-state index contributed by atoms with van der Waals surface area (Å²) in [6.45, 7) is 1.87. The summed E-state index contributed by atoms with van der Waals surface area (Å²) in [5, 5.41) is 3.48. The summed E-state index contributed by atoms with van der Waals surface area (Å²) in [6.07, 6.45) is 2.80. The third kappa shape index (κ3) is 3.98. The van der Waals surface area contributed by atoms with Crippen LogP contribution in [0, 0.1) is 6.92 Å². The van der Waals surface area contributed by atoms with Crippen LogP contribution in [0.15, 0.2) is 36.5 Å². The summed E-state index contributed by atoms with van der Waals surface area (Å²) in [5.41, 5.74) is 2.03. The monoisotopic (exact) mass is 348 g/mol. The van der Waals surface area contributed by atoms with E-state index in [-0.39, 0.29) is 12.0 Å². The lowest BCUT2D eigenvalue weighted by molar-refractivity contribution is 0.102. The van der Waals surface area contributed by atoms with Crippen molar-refractivity contribution in [2.24, 2.45) is 0 Å². The zero-order valence-corrected chi connectivity index (χ0v) is 14.3. The van der Waals surface area contributed by atoms with Gasteiger partial charge < -0.3 is 10.1 Å². The van der Waals surface area contributed by atoms with Crippen molar-refractivity contribution in [1.82, 2.24) is 4.98 Å². The van der Waals surface area contributed by atoms with Gasteiger partial charge in [-0.3, -0.25) is 4.79 Å². The standard InChI is InChI=1S/C17H17ClN2O2S/c1-11-14(18)3-2-4-15(11)20-17(21)12-5-6-16(19-9-12)22-13-7-8-23-10-13/h2-6,9,13H,7-8,10H2,1H3,(H,20,21)/t13-/m0/s1. The lowest BCUT2D eigenvalue weighted by atomic mass is 10.2. The van der Waals surface area contributed by atoms with Crippen LogP contribution in [0.4, 0.5) is 5.69 Å². The van der Waals surface area contributed by atoms with Crippen LogP contribution in [0.5, 0.6) is 5.88 Å². The molecule has 0 aliphatic carbocycles. The summed E-state index contributed by atoms with van der Waals surface area (Å²) in [5.74, 6) is 2.47. The highest BCUT2D eigenvalue weighted by Gasteiger charge is 2.17. The van der Waals surface area contributed by atoms with Crippen molar-refractivity contribution in [2.45, 2.75) is 19.4 Å². The molecule has 0 saturated carbocycles. The van der Waals surface area contributed by atoms with Crippen molar-refractivity contribution in [3.63, 3.8) is 0 Å². The number of anilines is 1. The Morgan fingerprint density at radius 2 is 2.26 bits per heavy atom. The number of rotatable bonds is 4. The van der Waals surface area contributed by atoms with Gasteiger partial charge in [-0.2, -0.15) is 11.8 Å². The third-order valence-corrected chi connectivity index (χ3v) is 5.23. The molecule has 0 spiro atoms. The molecule has 1 aromatic carbocycles. The highest BCUT2D eigenvalue weighted by molar-refractivity contribution is 7.99. The average molecular weight is 349 g/mol. The first-order valence-electron chi connectivity index (χ1n) is 7.40. The van der Waals surface area contributed by atoms with Gasteiger partial charge in [0.1, 0.15) is 6.10 Å². The van der Waals surface area contributed by atoms with Gasteiger partial charge in [-0.05, 0) is 42.9 Å². The number of amides is 1. The zero-order chi connectivity index (χ0) is 16.2. The molecule has 1 aromatic heterocycles. The fourth-order valence-electron chi connectivity index (χ4n) is 2.30. The number of pyridine rings is 1. The van der Waals surface area contributed by atoms with E-state index in [1.54, 1.807) is 24.3 Å². The van der Waals surface area contributed by atoms with Gasteiger partial charge in [0.25, 0.3) is 5.91 Å². The number of carbonyl (C=O) groups is 1. The number of aromatic nitrogens is 1. The SMILES string of the molecule is Cc1c(Cl)cccc1NC(=O)c1ccc(O[C@H]2CCSC2)nc1. The maximum absolute atomic E-state index is 12.3. The molecule has 2 aromatic rings. The van der Waals surface area contributed by atoms with Gasteiger partial charge in [0, 0.05) is 28.7 Å². The second-order valence-corrected chi connectivity index (χ2v) is 6.91. The Bertz CT molecular complexity index is 700. The van der Waals surface area contributed by atoms with Crippen molar-refractivity contribution in [2.75, 3.05) is 16.8 Å². The van der Waals surface area contributed by atoms with Crippen molar-refractivity contribution in [1.29, 1.82) is 0 Å². The smallest absolute Gasteiger partial charge is 0.257 e. The van der Waals surface area contributed by atoms with E-state index >= 15 is 0 Å². The number of halogens is 1. The topological polar surface area (TPSA) is 51.2 Å². The second kappa shape index (κ2) is 7.23. The number of carbonyl (C=O) groups excluding carboxylic acids is 1. The van der Waals surface area contributed by atoms with Gasteiger partial charge in [0.15, 0.2) is 0 Å². The molecular weight excluding hydrogens is 332 g/mol. The Kier molecular flexibility index (Phi) is 5.08. The molecule has 1 amide bonds. The van der Waals surface area contributed by atoms with Crippen molar-refractivity contribution >= 4 is 35.0 Å². The lowest BCUT2D eigenvalue weighted by Gasteiger charge is -2.12. The zero-order valence-electron chi connectivity index (χ0n) is 12.7. The minimum Gasteiger partial charge on any atom is -0.473 e. The molecule has 2 heterocycles. The molecule has 1 N–H and O–H groups in total. The van der Waals surface area contributed by atoms with E-state index in [9.17, 15) is 4.79 Å². The largest absolute Gasteiger partial charge is 0.473 e. The number of nitrogens with one attached hydrogen (secondary N) is 1. The number of hydrogen-bond acceptors (Lipinski definition) is 4. The highest BCUT2D eigenvalue weighted by atomic mass is 35.5. The number of benzene rings is 1. The minimum atomic E-state index is -0.217. The van der Waals surface area contributed by atoms with Gasteiger partial charge in [-0.1, -0.05) is 17.7 Å². The van der Waals surface area contributed by atoms with Gasteiger partial charge in [0.05, 0.1) is 5.56 Å². The second-order valence-electron chi connectivity index (χ2n) is 5.36. The summed E-state index contributed by atoms with van der Waals surface area (Å²) in [7, 11) is 0. The molecule has 3 rings (SSSR count). The lowest BCUT2D eigenvalue weighted by Crippen LogP contribution is -2.16. The molecule has 1 saturated heterocycles. The van der Waals surface area contributed by atoms with Gasteiger partial charge in [-0.15, -0.1) is 0 Å². The van der Waals surface area contributed by atoms with Crippen LogP contribution in [0.1, 0.15) is 22.3 Å². The molecule has 4 nitrogen and oxygen atoms in total. The molecule has 0 radical (unpaired) electrons. The first-order chi connectivity index (χ1) is 11.1. The Labute approximate surface area is 144 Å². The molecule has 23 heavy (non-hydrogen) atoms. The summed E-state index contributed by atoms with van der Waals surface area (Å²) in [4.78, 5) is 16.5. The van der Waals surface area contributed by atoms with E-state index in [1.165, 1.54) is 6.20 Å². The van der Waals surface area contributed by atoms with E-state index in [0.717, 1.165) is 23.5 Å². The minimum absolute atomic E-state index is 0.217. The highest BCUT2D eigenvalue weighted by Crippen LogP contribution is 2.24. The maximum atomic E-state index is 12.3. The fraction of sp³-hybridized carbons (Fsp3) is 0.294. The third-order valence-electron chi connectivity index (χ3n) is 3.69. The van der Waals surface area contributed by atoms with E-state index in [0.29, 0.717) is 22.2 Å². The van der Waals surface area contributed by atoms with Crippen LogP contribution in [0.3, 0.4) is 0 Å². The molecule has 1 aliphatic heterocycles. The van der Waals surface area contributed by atoms with Gasteiger partial charge in [-0.25, -0.2) is 4.98 Å². The Morgan fingerprint density at radius 3 is 2.96 bits per heavy atom. The van der Waals surface area contributed by atoms with Crippen molar-refractivity contribution in [3.8, 4) is 5.88 Å². The van der Waals surface area contributed by atoms with Gasteiger partial charge >= 0.3 is 0 Å². The van der Waals surface area contributed by atoms with Crippen LogP contribution in [-0.2, 0) is 0 Å². The van der Waals surface area contributed by atoms with Crippen LogP contribution >= 0.6 is 23.4 Å². The molecule has 1 aliphatic rings. The average Bonchev–Trinajstić information content (AvgIpc) is 3.05. The van der Waals surface area contributed by atoms with E-state index in [2.05, 4.69) is 10.3 Å². The van der Waals surface area contributed by atoms with Crippen molar-refractivity contribution in [3.05, 3.63) is 52.7 Å². The summed E-state index contributed by atoms with van der Waals surface area (Å²) in [6, 6.07) is 8.88. The number of nitrogens with zero attached hydrogens (tertiary/aromatic N) is 1. The van der Waals surface area contributed by atoms with Crippen LogP contribution in [-0.4, -0.2) is 28.5 Å². The number of ether oxygens (including phenoxy) is 1. The summed E-state index contributed by atoms with van der Waals surface area (Å²) >= 11 is 7.95. The Hall–Kier alpha value is -1.72. The predicted octanol–water partition coefficient (Wildman–Crippen LogP) is 4.18. The van der Waals surface area contributed by atoms with E-state index in [4.69, 9.17) is 16.3 Å². The Morgan fingerprint density at radius 1 is 1.39 bits per heavy atom. The first kappa shape index (κ1) is 16.1. The first-order valence-corrected chi connectivity index (χ1v) is 8.93. The van der Waals surface area contributed by atoms with E-state index < -0.39 is 0 Å². The van der Waals surface area contributed by atoms with Gasteiger partial charge in [0.2, 0.25) is 5.88 Å². The van der Waals surface area contributed by atoms with Crippen molar-refractivity contribution < 1.29 is 9.53 Å². The molecular formula is C17H17ClN2O2S. The van der Waals surface area contributed by atoms with Crippen LogP contribution in [0.2, 0.25) is 5.02 Å². The number of hydrogen-bond donors (Lipinski definition) is 1. The predicted molar refractivity (Wildman–Crippen MR) is 94.7 cm³/mol.